The van der Waals surface area contributed by atoms with Crippen LogP contribution in [0.1, 0.15) is 12.0 Å². The Morgan fingerprint density at radius 2 is 1.60 bits per heavy atom. The number of nitrogens with one attached hydrogen (secondary N) is 1. The summed E-state index contributed by atoms with van der Waals surface area (Å²) in [6.45, 7) is 5.35. The molecule has 0 bridgehead atoms. The molecule has 1 N–H and O–H groups in total. The fourth-order valence-electron chi connectivity index (χ4n) is 3.23. The van der Waals surface area contributed by atoms with E-state index in [9.17, 15) is 18.0 Å². The summed E-state index contributed by atoms with van der Waals surface area (Å²) in [4.78, 5) is 30.4. The first kappa shape index (κ1) is 24.3. The van der Waals surface area contributed by atoms with Crippen LogP contribution < -0.4 is 5.32 Å². The molecule has 0 aliphatic carbocycles. The average molecular weight is 440 g/mol. The van der Waals surface area contributed by atoms with E-state index in [-0.39, 0.29) is 23.3 Å². The highest BCUT2D eigenvalue weighted by molar-refractivity contribution is 7.89. The minimum atomic E-state index is -3.59. The highest BCUT2D eigenvalue weighted by Crippen LogP contribution is 2.22. The van der Waals surface area contributed by atoms with Gasteiger partial charge in [-0.15, -0.1) is 0 Å². The van der Waals surface area contributed by atoms with E-state index in [0.717, 1.165) is 30.4 Å². The number of sulfonamides is 1. The lowest BCUT2D eigenvalue weighted by molar-refractivity contribution is -0.129. The van der Waals surface area contributed by atoms with Crippen LogP contribution in [0.5, 0.6) is 0 Å². The molecule has 0 saturated carbocycles. The van der Waals surface area contributed by atoms with Gasteiger partial charge in [0.15, 0.2) is 0 Å². The standard InChI is InChI=1S/C20H33N5O4S/c1-16-7-8-17(13-18(16)30(28,29)23(4)5)21-19(26)14-24-9-6-10-25(12-11-24)15-20(27)22(2)3/h7-8,13H,6,9-12,14-15H2,1-5H3,(H,21,26). The molecule has 1 saturated heterocycles. The van der Waals surface area contributed by atoms with E-state index >= 15 is 0 Å². The maximum absolute atomic E-state index is 12.5. The molecule has 0 radical (unpaired) electrons. The van der Waals surface area contributed by atoms with E-state index in [0.29, 0.717) is 24.3 Å². The van der Waals surface area contributed by atoms with Crippen LogP contribution in [-0.2, 0) is 19.6 Å². The molecule has 0 atom stereocenters. The third-order valence-corrected chi connectivity index (χ3v) is 7.09. The van der Waals surface area contributed by atoms with Gasteiger partial charge in [-0.05, 0) is 44.1 Å². The monoisotopic (exact) mass is 439 g/mol. The summed E-state index contributed by atoms with van der Waals surface area (Å²) in [5.74, 6) is -0.117. The molecule has 2 amide bonds. The second-order valence-electron chi connectivity index (χ2n) is 8.01. The molecular formula is C20H33N5O4S. The largest absolute Gasteiger partial charge is 0.348 e. The highest BCUT2D eigenvalue weighted by Gasteiger charge is 2.22. The zero-order chi connectivity index (χ0) is 22.5. The number of amides is 2. The molecule has 1 aliphatic rings. The van der Waals surface area contributed by atoms with Gasteiger partial charge in [-0.1, -0.05) is 6.07 Å². The Morgan fingerprint density at radius 3 is 2.17 bits per heavy atom. The van der Waals surface area contributed by atoms with Gasteiger partial charge < -0.3 is 10.2 Å². The van der Waals surface area contributed by atoms with Crippen LogP contribution in [0.15, 0.2) is 23.1 Å². The van der Waals surface area contributed by atoms with Gasteiger partial charge in [0.05, 0.1) is 18.0 Å². The second-order valence-corrected chi connectivity index (χ2v) is 10.1. The predicted octanol–water partition coefficient (Wildman–Crippen LogP) is 0.280. The van der Waals surface area contributed by atoms with E-state index < -0.39 is 10.0 Å². The summed E-state index contributed by atoms with van der Waals surface area (Å²) in [5, 5.41) is 2.81. The molecule has 1 fully saturated rings. The molecular weight excluding hydrogens is 406 g/mol. The molecule has 168 valence electrons. The summed E-state index contributed by atoms with van der Waals surface area (Å²) >= 11 is 0. The Hall–Kier alpha value is -2.01. The number of carbonyl (C=O) groups is 2. The molecule has 1 heterocycles. The Kier molecular flexibility index (Phi) is 8.36. The normalized spacial score (nSPS) is 16.3. The number of nitrogens with zero attached hydrogens (tertiary/aromatic N) is 4. The van der Waals surface area contributed by atoms with Crippen molar-refractivity contribution in [2.75, 3.05) is 72.8 Å². The lowest BCUT2D eigenvalue weighted by Gasteiger charge is -2.22. The maximum Gasteiger partial charge on any atom is 0.242 e. The molecule has 1 aromatic rings. The average Bonchev–Trinajstić information content (AvgIpc) is 2.88. The van der Waals surface area contributed by atoms with Gasteiger partial charge in [0.25, 0.3) is 0 Å². The number of hydrogen-bond donors (Lipinski definition) is 1. The van der Waals surface area contributed by atoms with Crippen molar-refractivity contribution in [3.63, 3.8) is 0 Å². The van der Waals surface area contributed by atoms with E-state index in [2.05, 4.69) is 15.1 Å². The Bertz CT molecular complexity index is 870. The van der Waals surface area contributed by atoms with Crippen molar-refractivity contribution in [3.8, 4) is 0 Å². The Morgan fingerprint density at radius 1 is 1.00 bits per heavy atom. The van der Waals surface area contributed by atoms with Gasteiger partial charge in [0.2, 0.25) is 21.8 Å². The SMILES string of the molecule is Cc1ccc(NC(=O)CN2CCCN(CC(=O)N(C)C)CC2)cc1S(=O)(=O)N(C)C. The number of aryl methyl sites for hydroxylation is 1. The van der Waals surface area contributed by atoms with Gasteiger partial charge in [-0.2, -0.15) is 0 Å². The first-order valence-electron chi connectivity index (χ1n) is 9.98. The van der Waals surface area contributed by atoms with Gasteiger partial charge >= 0.3 is 0 Å². The number of rotatable bonds is 7. The van der Waals surface area contributed by atoms with Crippen LogP contribution in [0.25, 0.3) is 0 Å². The third kappa shape index (κ3) is 6.49. The highest BCUT2D eigenvalue weighted by atomic mass is 32.2. The van der Waals surface area contributed by atoms with E-state index in [1.54, 1.807) is 38.1 Å². The number of likely N-dealkylation sites (N-methyl/N-ethyl adjacent to an activating group) is 1. The quantitative estimate of drug-likeness (QED) is 0.656. The lowest BCUT2D eigenvalue weighted by atomic mass is 10.2. The fraction of sp³-hybridized carbons (Fsp3) is 0.600. The van der Waals surface area contributed by atoms with Crippen molar-refractivity contribution < 1.29 is 18.0 Å². The van der Waals surface area contributed by atoms with Crippen LogP contribution in [0.3, 0.4) is 0 Å². The zero-order valence-corrected chi connectivity index (χ0v) is 19.3. The molecule has 1 aliphatic heterocycles. The van der Waals surface area contributed by atoms with Crippen LogP contribution in [0, 0.1) is 6.92 Å². The van der Waals surface area contributed by atoms with Crippen molar-refractivity contribution in [1.29, 1.82) is 0 Å². The van der Waals surface area contributed by atoms with Crippen LogP contribution in [0.2, 0.25) is 0 Å². The summed E-state index contributed by atoms with van der Waals surface area (Å²) < 4.78 is 26.1. The maximum atomic E-state index is 12.5. The van der Waals surface area contributed by atoms with Crippen molar-refractivity contribution >= 4 is 27.5 Å². The van der Waals surface area contributed by atoms with E-state index in [4.69, 9.17) is 0 Å². The summed E-state index contributed by atoms with van der Waals surface area (Å²) in [5.41, 5.74) is 1.08. The molecule has 30 heavy (non-hydrogen) atoms. The minimum Gasteiger partial charge on any atom is -0.348 e. The summed E-state index contributed by atoms with van der Waals surface area (Å²) in [6, 6.07) is 4.90. The van der Waals surface area contributed by atoms with E-state index in [1.165, 1.54) is 20.2 Å². The van der Waals surface area contributed by atoms with E-state index in [1.807, 2.05) is 0 Å². The van der Waals surface area contributed by atoms with Crippen LogP contribution >= 0.6 is 0 Å². The molecule has 0 spiro atoms. The summed E-state index contributed by atoms with van der Waals surface area (Å²) in [6.07, 6.45) is 0.879. The lowest BCUT2D eigenvalue weighted by Crippen LogP contribution is -2.39. The smallest absolute Gasteiger partial charge is 0.242 e. The predicted molar refractivity (Wildman–Crippen MR) is 117 cm³/mol. The topological polar surface area (TPSA) is 93.3 Å². The molecule has 0 aromatic heterocycles. The number of benzene rings is 1. The van der Waals surface area contributed by atoms with Crippen molar-refractivity contribution in [2.45, 2.75) is 18.2 Å². The Balaban J connectivity index is 1.96. The second kappa shape index (κ2) is 10.3. The third-order valence-electron chi connectivity index (χ3n) is 5.14. The minimum absolute atomic E-state index is 0.0732. The van der Waals surface area contributed by atoms with Gasteiger partial charge in [-0.25, -0.2) is 12.7 Å². The number of anilines is 1. The zero-order valence-electron chi connectivity index (χ0n) is 18.5. The number of carbonyl (C=O) groups excluding carboxylic acids is 2. The van der Waals surface area contributed by atoms with Crippen molar-refractivity contribution in [2.24, 2.45) is 0 Å². The molecule has 1 aromatic carbocycles. The molecule has 10 heteroatoms. The molecule has 2 rings (SSSR count). The van der Waals surface area contributed by atoms with Crippen molar-refractivity contribution in [3.05, 3.63) is 23.8 Å². The first-order chi connectivity index (χ1) is 14.0. The summed E-state index contributed by atoms with van der Waals surface area (Å²) in [7, 11) is 2.87. The molecule has 9 nitrogen and oxygen atoms in total. The fourth-order valence-corrected chi connectivity index (χ4v) is 4.37. The number of hydrogen-bond acceptors (Lipinski definition) is 6. The van der Waals surface area contributed by atoms with Gasteiger partial charge in [-0.3, -0.25) is 19.4 Å². The van der Waals surface area contributed by atoms with Crippen LogP contribution in [0.4, 0.5) is 5.69 Å². The first-order valence-corrected chi connectivity index (χ1v) is 11.4. The van der Waals surface area contributed by atoms with Gasteiger partial charge in [0.1, 0.15) is 0 Å². The van der Waals surface area contributed by atoms with Crippen LogP contribution in [-0.4, -0.2) is 107 Å². The van der Waals surface area contributed by atoms with Crippen molar-refractivity contribution in [1.82, 2.24) is 19.0 Å². The Labute approximate surface area is 179 Å². The molecule has 0 unspecified atom stereocenters. The van der Waals surface area contributed by atoms with Gasteiger partial charge in [0, 0.05) is 47.0 Å².